The third-order valence-electron chi connectivity index (χ3n) is 2.16. The molecule has 1 heterocycles. The maximum atomic E-state index is 5.71. The molecular weight excluding hydrogens is 249 g/mol. The molecule has 0 aromatic carbocycles. The van der Waals surface area contributed by atoms with E-state index in [1.807, 2.05) is 0 Å². The predicted molar refractivity (Wildman–Crippen MR) is 55.1 cm³/mol. The average molecular weight is 268 g/mol. The molecule has 0 atom stereocenters. The summed E-state index contributed by atoms with van der Waals surface area (Å²) in [6.45, 7) is 11.5. The van der Waals surface area contributed by atoms with Gasteiger partial charge in [-0.2, -0.15) is 5.57 Å². The van der Waals surface area contributed by atoms with Gasteiger partial charge in [0.15, 0.2) is 0 Å². The van der Waals surface area contributed by atoms with Crippen molar-refractivity contribution in [3.05, 3.63) is 23.0 Å². The summed E-state index contributed by atoms with van der Waals surface area (Å²) in [5.41, 5.74) is 2.45. The number of ether oxygens (including phenoxy) is 1. The van der Waals surface area contributed by atoms with Crippen LogP contribution in [0.1, 0.15) is 34.6 Å². The van der Waals surface area contributed by atoms with Gasteiger partial charge >= 0.3 is 0 Å². The van der Waals surface area contributed by atoms with Crippen LogP contribution in [0, 0.1) is 17.9 Å². The molecule has 0 unspecified atom stereocenters. The Hall–Kier alpha value is 0.384. The average Bonchev–Trinajstić information content (AvgIpc) is 2.03. The van der Waals surface area contributed by atoms with Gasteiger partial charge in [-0.1, -0.05) is 46.5 Å². The van der Waals surface area contributed by atoms with Crippen LogP contribution in [0.5, 0.6) is 0 Å². The number of allylic oxidation sites excluding steroid dienone is 3. The zero-order valence-corrected chi connectivity index (χ0v) is 12.7. The minimum absolute atomic E-state index is 0. The van der Waals surface area contributed by atoms with Crippen LogP contribution in [0.3, 0.4) is 0 Å². The quantitative estimate of drug-likeness (QED) is 0.698. The second-order valence-corrected chi connectivity index (χ2v) is 4.28. The third-order valence-corrected chi connectivity index (χ3v) is 2.16. The fraction of sp³-hybridized carbons (Fsp3) is 0.667. The van der Waals surface area contributed by atoms with Gasteiger partial charge in [-0.15, -0.1) is 5.57 Å². The maximum absolute atomic E-state index is 5.71. The van der Waals surface area contributed by atoms with Crippen molar-refractivity contribution in [3.8, 4) is 0 Å². The minimum atomic E-state index is 0. The van der Waals surface area contributed by atoms with Crippen LogP contribution in [-0.2, 0) is 37.4 Å². The Bertz CT molecular complexity index is 249. The van der Waals surface area contributed by atoms with Gasteiger partial charge < -0.3 is 4.74 Å². The number of rotatable bonds is 2. The first-order chi connectivity index (χ1) is 6.02. The molecule has 14 heavy (non-hydrogen) atoms. The molecule has 0 spiro atoms. The molecule has 0 saturated carbocycles. The van der Waals surface area contributed by atoms with Crippen LogP contribution in [0.2, 0.25) is 0 Å². The van der Waals surface area contributed by atoms with Crippen molar-refractivity contribution >= 4 is 0 Å². The van der Waals surface area contributed by atoms with Crippen molar-refractivity contribution < 1.29 is 37.4 Å². The van der Waals surface area contributed by atoms with E-state index in [0.29, 0.717) is 18.4 Å². The molecule has 1 rings (SSSR count). The van der Waals surface area contributed by atoms with E-state index in [1.165, 1.54) is 11.1 Å². The molecule has 2 heteroatoms. The van der Waals surface area contributed by atoms with Gasteiger partial charge in [0, 0.05) is 32.7 Å². The first kappa shape index (κ1) is 14.4. The summed E-state index contributed by atoms with van der Waals surface area (Å²) >= 11 is 0. The van der Waals surface area contributed by atoms with Crippen LogP contribution in [0.15, 0.2) is 16.9 Å². The topological polar surface area (TPSA) is 9.23 Å². The smallest absolute Gasteiger partial charge is 0.0688 e. The molecular formula is C12H19OY-. The van der Waals surface area contributed by atoms with Gasteiger partial charge in [-0.25, -0.2) is 6.08 Å². The predicted octanol–water partition coefficient (Wildman–Crippen LogP) is 3.33. The molecule has 1 nitrogen and oxygen atoms in total. The first-order valence-corrected chi connectivity index (χ1v) is 4.98. The van der Waals surface area contributed by atoms with Crippen molar-refractivity contribution in [2.24, 2.45) is 11.8 Å². The standard InChI is InChI=1S/C12H19O.Y/c1-8(2)11-6-10(5)7-13-12(11)9(3)4;/h8-9H,7H2,1-5H3;/q-1;. The largest absolute Gasteiger partial charge is 0.580 e. The Labute approximate surface area is 113 Å². The molecule has 0 fully saturated rings. The van der Waals surface area contributed by atoms with Crippen molar-refractivity contribution in [1.82, 2.24) is 0 Å². The summed E-state index contributed by atoms with van der Waals surface area (Å²) in [4.78, 5) is 0. The Kier molecular flexibility index (Phi) is 6.24. The zero-order valence-electron chi connectivity index (χ0n) is 9.85. The van der Waals surface area contributed by atoms with Crippen molar-refractivity contribution in [2.75, 3.05) is 6.61 Å². The van der Waals surface area contributed by atoms with E-state index in [4.69, 9.17) is 4.74 Å². The molecule has 0 aliphatic carbocycles. The fourth-order valence-electron chi connectivity index (χ4n) is 1.50. The molecule has 0 aromatic rings. The minimum Gasteiger partial charge on any atom is -0.580 e. The van der Waals surface area contributed by atoms with Gasteiger partial charge in [-0.05, 0) is 5.76 Å². The molecule has 0 bridgehead atoms. The van der Waals surface area contributed by atoms with Crippen LogP contribution in [0.4, 0.5) is 0 Å². The Balaban J connectivity index is 0.00000169. The molecule has 0 saturated heterocycles. The third kappa shape index (κ3) is 3.51. The fourth-order valence-corrected chi connectivity index (χ4v) is 1.50. The molecule has 0 aromatic heterocycles. The summed E-state index contributed by atoms with van der Waals surface area (Å²) in [6, 6.07) is 0. The molecule has 77 valence electrons. The van der Waals surface area contributed by atoms with Crippen molar-refractivity contribution in [2.45, 2.75) is 34.6 Å². The van der Waals surface area contributed by atoms with E-state index in [2.05, 4.69) is 40.7 Å². The van der Waals surface area contributed by atoms with Crippen molar-refractivity contribution in [3.63, 3.8) is 0 Å². The SMILES string of the molecule is CC1=[C-]C(C(C)C)=C(C(C)C)OC1.[Y]. The van der Waals surface area contributed by atoms with E-state index in [-0.39, 0.29) is 32.7 Å². The maximum Gasteiger partial charge on any atom is 0.0688 e. The normalized spacial score (nSPS) is 16.6. The van der Waals surface area contributed by atoms with Gasteiger partial charge in [0.25, 0.3) is 0 Å². The second kappa shape index (κ2) is 6.07. The Morgan fingerprint density at radius 3 is 2.14 bits per heavy atom. The van der Waals surface area contributed by atoms with Crippen LogP contribution < -0.4 is 0 Å². The number of hydrogen-bond acceptors (Lipinski definition) is 1. The van der Waals surface area contributed by atoms with Crippen LogP contribution in [-0.4, -0.2) is 6.61 Å². The summed E-state index contributed by atoms with van der Waals surface area (Å²) in [6.07, 6.45) is 3.42. The van der Waals surface area contributed by atoms with Crippen molar-refractivity contribution in [1.29, 1.82) is 0 Å². The summed E-state index contributed by atoms with van der Waals surface area (Å²) in [7, 11) is 0. The summed E-state index contributed by atoms with van der Waals surface area (Å²) in [5, 5.41) is 0. The van der Waals surface area contributed by atoms with Gasteiger partial charge in [0.05, 0.1) is 6.61 Å². The molecule has 1 aliphatic rings. The van der Waals surface area contributed by atoms with Crippen LogP contribution >= 0.6 is 0 Å². The van der Waals surface area contributed by atoms with E-state index in [9.17, 15) is 0 Å². The first-order valence-electron chi connectivity index (χ1n) is 4.98. The molecule has 0 N–H and O–H groups in total. The molecule has 1 radical (unpaired) electrons. The van der Waals surface area contributed by atoms with E-state index < -0.39 is 0 Å². The number of hydrogen-bond donors (Lipinski definition) is 0. The Morgan fingerprint density at radius 1 is 1.14 bits per heavy atom. The second-order valence-electron chi connectivity index (χ2n) is 4.28. The van der Waals surface area contributed by atoms with E-state index >= 15 is 0 Å². The summed E-state index contributed by atoms with van der Waals surface area (Å²) in [5.74, 6) is 2.10. The van der Waals surface area contributed by atoms with E-state index in [0.717, 1.165) is 5.76 Å². The monoisotopic (exact) mass is 268 g/mol. The molecule has 1 aliphatic heterocycles. The van der Waals surface area contributed by atoms with Gasteiger partial charge in [0.2, 0.25) is 0 Å². The van der Waals surface area contributed by atoms with E-state index in [1.54, 1.807) is 0 Å². The Morgan fingerprint density at radius 2 is 1.71 bits per heavy atom. The zero-order chi connectivity index (χ0) is 10.0. The van der Waals surface area contributed by atoms with Crippen LogP contribution in [0.25, 0.3) is 0 Å². The summed E-state index contributed by atoms with van der Waals surface area (Å²) < 4.78 is 5.71. The van der Waals surface area contributed by atoms with Gasteiger partial charge in [-0.3, -0.25) is 0 Å². The molecule has 0 amide bonds. The van der Waals surface area contributed by atoms with Gasteiger partial charge in [0.1, 0.15) is 0 Å².